The summed E-state index contributed by atoms with van der Waals surface area (Å²) in [7, 11) is 5.15. The Hall–Kier alpha value is -2.91. The molecule has 3 rings (SSSR count). The number of nitrogens with one attached hydrogen (secondary N) is 1. The molecule has 2 heterocycles. The van der Waals surface area contributed by atoms with E-state index in [1.807, 2.05) is 37.1 Å². The first kappa shape index (κ1) is 22.8. The van der Waals surface area contributed by atoms with E-state index in [0.29, 0.717) is 44.5 Å². The van der Waals surface area contributed by atoms with Crippen LogP contribution in [0, 0.1) is 6.92 Å². The van der Waals surface area contributed by atoms with Crippen LogP contribution < -0.4 is 15.0 Å². The average molecular weight is 446 g/mol. The van der Waals surface area contributed by atoms with Gasteiger partial charge in [0, 0.05) is 12.1 Å². The van der Waals surface area contributed by atoms with E-state index in [-0.39, 0.29) is 18.2 Å². The maximum absolute atomic E-state index is 12.8. The molecule has 8 nitrogen and oxygen atoms in total. The van der Waals surface area contributed by atoms with E-state index < -0.39 is 5.97 Å². The van der Waals surface area contributed by atoms with Crippen LogP contribution in [0.4, 0.5) is 0 Å². The minimum atomic E-state index is -0.431. The Morgan fingerprint density at radius 3 is 2.68 bits per heavy atom. The van der Waals surface area contributed by atoms with Crippen LogP contribution >= 0.6 is 11.3 Å². The molecule has 0 saturated carbocycles. The molecule has 0 spiro atoms. The van der Waals surface area contributed by atoms with Gasteiger partial charge in [-0.05, 0) is 39.4 Å². The highest BCUT2D eigenvalue weighted by Gasteiger charge is 2.23. The molecule has 0 aliphatic carbocycles. The fourth-order valence-electron chi connectivity index (χ4n) is 3.44. The molecule has 9 heteroatoms. The fraction of sp³-hybridized carbons (Fsp3) is 0.409. The molecule has 0 aliphatic rings. The summed E-state index contributed by atoms with van der Waals surface area (Å²) >= 11 is 1.18. The van der Waals surface area contributed by atoms with Crippen LogP contribution in [-0.2, 0) is 11.3 Å². The molecule has 0 aliphatic heterocycles. The number of hydrogen-bond donors (Lipinski definition) is 1. The molecular weight excluding hydrogens is 418 g/mol. The number of nitrogens with zero attached hydrogens (tertiary/aromatic N) is 2. The highest BCUT2D eigenvalue weighted by atomic mass is 32.1. The van der Waals surface area contributed by atoms with Crippen molar-refractivity contribution in [3.05, 3.63) is 50.4 Å². The number of esters is 1. The number of H-pyrrole nitrogens is 1. The second-order valence-corrected chi connectivity index (χ2v) is 8.15. The summed E-state index contributed by atoms with van der Waals surface area (Å²) in [4.78, 5) is 35.5. The van der Waals surface area contributed by atoms with Crippen molar-refractivity contribution in [1.29, 1.82) is 0 Å². The van der Waals surface area contributed by atoms with Gasteiger partial charge in [-0.1, -0.05) is 12.1 Å². The first-order valence-corrected chi connectivity index (χ1v) is 10.7. The Bertz CT molecular complexity index is 1150. The van der Waals surface area contributed by atoms with Gasteiger partial charge in [0.15, 0.2) is 11.5 Å². The van der Waals surface area contributed by atoms with E-state index in [4.69, 9.17) is 14.2 Å². The molecule has 0 amide bonds. The van der Waals surface area contributed by atoms with Gasteiger partial charge in [0.05, 0.1) is 32.3 Å². The van der Waals surface area contributed by atoms with E-state index in [1.165, 1.54) is 11.3 Å². The summed E-state index contributed by atoms with van der Waals surface area (Å²) in [5.74, 6) is 1.43. The molecule has 0 fully saturated rings. The maximum Gasteiger partial charge on any atom is 0.348 e. The van der Waals surface area contributed by atoms with Gasteiger partial charge in [-0.25, -0.2) is 9.78 Å². The molecule has 3 aromatic rings. The Morgan fingerprint density at radius 2 is 2.03 bits per heavy atom. The van der Waals surface area contributed by atoms with Gasteiger partial charge < -0.3 is 19.2 Å². The first-order chi connectivity index (χ1) is 14.8. The van der Waals surface area contributed by atoms with Crippen LogP contribution in [-0.4, -0.2) is 48.7 Å². The maximum atomic E-state index is 12.8. The lowest BCUT2D eigenvalue weighted by atomic mass is 10.1. The van der Waals surface area contributed by atoms with Gasteiger partial charge >= 0.3 is 5.97 Å². The number of benzene rings is 1. The zero-order valence-electron chi connectivity index (χ0n) is 18.6. The first-order valence-electron chi connectivity index (χ1n) is 9.92. The van der Waals surface area contributed by atoms with Crippen molar-refractivity contribution in [3.8, 4) is 11.5 Å². The number of ether oxygens (including phenoxy) is 3. The molecule has 166 valence electrons. The third-order valence-corrected chi connectivity index (χ3v) is 6.41. The number of para-hydroxylation sites is 1. The highest BCUT2D eigenvalue weighted by molar-refractivity contribution is 7.20. The topological polar surface area (TPSA) is 93.8 Å². The molecule has 1 aromatic carbocycles. The summed E-state index contributed by atoms with van der Waals surface area (Å²) in [6.45, 7) is 6.28. The predicted molar refractivity (Wildman–Crippen MR) is 120 cm³/mol. The molecule has 31 heavy (non-hydrogen) atoms. The van der Waals surface area contributed by atoms with Crippen molar-refractivity contribution in [3.63, 3.8) is 0 Å². The number of hydrogen-bond acceptors (Lipinski definition) is 8. The molecule has 0 radical (unpaired) electrons. The molecule has 1 atom stereocenters. The molecule has 1 N–H and O–H groups in total. The van der Waals surface area contributed by atoms with E-state index >= 15 is 0 Å². The monoisotopic (exact) mass is 445 g/mol. The largest absolute Gasteiger partial charge is 0.493 e. The summed E-state index contributed by atoms with van der Waals surface area (Å²) < 4.78 is 16.0. The number of methoxy groups -OCH3 is 2. The van der Waals surface area contributed by atoms with E-state index in [1.54, 1.807) is 28.1 Å². The Kier molecular flexibility index (Phi) is 6.97. The van der Waals surface area contributed by atoms with Crippen molar-refractivity contribution < 1.29 is 19.0 Å². The quantitative estimate of drug-likeness (QED) is 0.529. The zero-order valence-corrected chi connectivity index (χ0v) is 19.4. The Labute approximate surface area is 184 Å². The van der Waals surface area contributed by atoms with Crippen molar-refractivity contribution in [2.24, 2.45) is 0 Å². The van der Waals surface area contributed by atoms with Crippen molar-refractivity contribution in [1.82, 2.24) is 14.9 Å². The van der Waals surface area contributed by atoms with Crippen LogP contribution in [0.25, 0.3) is 10.2 Å². The number of aromatic amines is 1. The number of carbonyl (C=O) groups excluding carboxylic acids is 1. The van der Waals surface area contributed by atoms with Crippen molar-refractivity contribution in [2.75, 3.05) is 27.9 Å². The zero-order chi connectivity index (χ0) is 22.7. The van der Waals surface area contributed by atoms with Gasteiger partial charge in [-0.3, -0.25) is 9.69 Å². The van der Waals surface area contributed by atoms with Crippen LogP contribution in [0.2, 0.25) is 0 Å². The summed E-state index contributed by atoms with van der Waals surface area (Å²) in [6, 6.07) is 5.53. The highest BCUT2D eigenvalue weighted by Crippen LogP contribution is 2.33. The van der Waals surface area contributed by atoms with E-state index in [9.17, 15) is 9.59 Å². The number of aromatic nitrogens is 2. The molecule has 0 saturated heterocycles. The molecular formula is C22H27N3O5S. The van der Waals surface area contributed by atoms with Gasteiger partial charge in [0.25, 0.3) is 5.56 Å². The lowest BCUT2D eigenvalue weighted by Gasteiger charge is -2.25. The summed E-state index contributed by atoms with van der Waals surface area (Å²) in [6.07, 6.45) is 0. The third-order valence-electron chi connectivity index (χ3n) is 5.24. The minimum Gasteiger partial charge on any atom is -0.493 e. The van der Waals surface area contributed by atoms with Crippen LogP contribution in [0.3, 0.4) is 0 Å². The minimum absolute atomic E-state index is 0.193. The third kappa shape index (κ3) is 4.42. The van der Waals surface area contributed by atoms with Crippen molar-refractivity contribution >= 4 is 27.5 Å². The summed E-state index contributed by atoms with van der Waals surface area (Å²) in [5, 5.41) is 0.432. The fourth-order valence-corrected chi connectivity index (χ4v) is 4.52. The number of thiophene rings is 1. The predicted octanol–water partition coefficient (Wildman–Crippen LogP) is 3.68. The number of aryl methyl sites for hydroxylation is 1. The van der Waals surface area contributed by atoms with Gasteiger partial charge in [-0.2, -0.15) is 0 Å². The van der Waals surface area contributed by atoms with Crippen LogP contribution in [0.5, 0.6) is 11.5 Å². The van der Waals surface area contributed by atoms with Crippen LogP contribution in [0.15, 0.2) is 23.0 Å². The van der Waals surface area contributed by atoms with Gasteiger partial charge in [0.2, 0.25) is 0 Å². The van der Waals surface area contributed by atoms with Crippen LogP contribution in [0.1, 0.15) is 46.5 Å². The number of fused-ring (bicyclic) bond motifs is 1. The van der Waals surface area contributed by atoms with Gasteiger partial charge in [0.1, 0.15) is 15.5 Å². The number of carbonyl (C=O) groups is 1. The lowest BCUT2D eigenvalue weighted by Crippen LogP contribution is -2.26. The lowest BCUT2D eigenvalue weighted by molar-refractivity contribution is 0.0531. The number of rotatable bonds is 8. The SMILES string of the molecule is CCOC(=O)c1sc2nc([C@@H](C)N(C)Cc3cccc(OC)c3OC)[nH]c(=O)c2c1C. The normalized spacial score (nSPS) is 12.2. The second kappa shape index (κ2) is 9.49. The van der Waals surface area contributed by atoms with E-state index in [2.05, 4.69) is 9.97 Å². The van der Waals surface area contributed by atoms with Gasteiger partial charge in [-0.15, -0.1) is 11.3 Å². The van der Waals surface area contributed by atoms with E-state index in [0.717, 1.165) is 5.56 Å². The Balaban J connectivity index is 1.93. The average Bonchev–Trinajstić information content (AvgIpc) is 3.09. The Morgan fingerprint density at radius 1 is 1.29 bits per heavy atom. The molecule has 0 unspecified atom stereocenters. The molecule has 0 bridgehead atoms. The summed E-state index contributed by atoms with van der Waals surface area (Å²) in [5.41, 5.74) is 1.29. The second-order valence-electron chi connectivity index (χ2n) is 7.15. The molecule has 2 aromatic heterocycles. The standard InChI is InChI=1S/C22H27N3O5S/c1-7-30-22(27)18-12(2)16-20(26)23-19(24-21(16)31-18)13(3)25(4)11-14-9-8-10-15(28-5)17(14)29-6/h8-10,13H,7,11H2,1-6H3,(H,23,24,26)/t13-/m1/s1. The smallest absolute Gasteiger partial charge is 0.348 e. The van der Waals surface area contributed by atoms with Crippen molar-refractivity contribution in [2.45, 2.75) is 33.4 Å².